The molecule has 4 nitrogen and oxygen atoms in total. The highest BCUT2D eigenvalue weighted by molar-refractivity contribution is 5.83. The molecule has 0 aliphatic carbocycles. The van der Waals surface area contributed by atoms with Crippen LogP contribution in [0.15, 0.2) is 54.6 Å². The fourth-order valence-corrected chi connectivity index (χ4v) is 3.86. The summed E-state index contributed by atoms with van der Waals surface area (Å²) in [6.45, 7) is 2.46. The van der Waals surface area contributed by atoms with E-state index in [0.717, 1.165) is 31.0 Å². The van der Waals surface area contributed by atoms with Crippen molar-refractivity contribution in [2.45, 2.75) is 12.5 Å². The zero-order valence-electron chi connectivity index (χ0n) is 16.9. The first-order valence-electron chi connectivity index (χ1n) is 9.86. The number of fused-ring (bicyclic) bond motifs is 2. The lowest BCUT2D eigenvalue weighted by molar-refractivity contribution is 0.250. The van der Waals surface area contributed by atoms with Crippen molar-refractivity contribution in [1.82, 2.24) is 10.2 Å². The SMILES string of the molecule is COc1cc2c(cc1OCCN(C)C)C(c1ccc3ccccc3c1)NCC2. The van der Waals surface area contributed by atoms with Crippen LogP contribution in [0.3, 0.4) is 0 Å². The van der Waals surface area contributed by atoms with Crippen LogP contribution in [0.4, 0.5) is 0 Å². The van der Waals surface area contributed by atoms with Crippen molar-refractivity contribution in [3.63, 3.8) is 0 Å². The minimum Gasteiger partial charge on any atom is -0.493 e. The second-order valence-electron chi connectivity index (χ2n) is 7.60. The normalized spacial score (nSPS) is 16.2. The Morgan fingerprint density at radius 2 is 1.82 bits per heavy atom. The summed E-state index contributed by atoms with van der Waals surface area (Å²) in [6.07, 6.45) is 0.994. The van der Waals surface area contributed by atoms with E-state index in [9.17, 15) is 0 Å². The van der Waals surface area contributed by atoms with Gasteiger partial charge < -0.3 is 19.7 Å². The maximum absolute atomic E-state index is 6.06. The highest BCUT2D eigenvalue weighted by Crippen LogP contribution is 2.38. The molecule has 0 radical (unpaired) electrons. The van der Waals surface area contributed by atoms with Gasteiger partial charge in [0, 0.05) is 13.1 Å². The third-order valence-corrected chi connectivity index (χ3v) is 5.38. The zero-order chi connectivity index (χ0) is 19.5. The number of hydrogen-bond donors (Lipinski definition) is 1. The minimum atomic E-state index is 0.162. The molecule has 28 heavy (non-hydrogen) atoms. The Balaban J connectivity index is 1.70. The van der Waals surface area contributed by atoms with Gasteiger partial charge in [0.1, 0.15) is 6.61 Å². The second kappa shape index (κ2) is 8.21. The molecule has 146 valence electrons. The molecule has 4 rings (SSSR count). The van der Waals surface area contributed by atoms with Crippen LogP contribution in [0.2, 0.25) is 0 Å². The summed E-state index contributed by atoms with van der Waals surface area (Å²) in [5.74, 6) is 1.63. The largest absolute Gasteiger partial charge is 0.493 e. The van der Waals surface area contributed by atoms with Gasteiger partial charge in [0.05, 0.1) is 13.2 Å². The Hall–Kier alpha value is -2.56. The summed E-state index contributed by atoms with van der Waals surface area (Å²) >= 11 is 0. The van der Waals surface area contributed by atoms with Crippen molar-refractivity contribution in [1.29, 1.82) is 0 Å². The fourth-order valence-electron chi connectivity index (χ4n) is 3.86. The molecule has 1 aliphatic heterocycles. The Labute approximate surface area is 167 Å². The van der Waals surface area contributed by atoms with E-state index in [1.165, 1.54) is 27.5 Å². The topological polar surface area (TPSA) is 33.7 Å². The average molecular weight is 377 g/mol. The van der Waals surface area contributed by atoms with E-state index in [2.05, 4.69) is 64.8 Å². The van der Waals surface area contributed by atoms with E-state index < -0.39 is 0 Å². The minimum absolute atomic E-state index is 0.162. The van der Waals surface area contributed by atoms with Crippen molar-refractivity contribution < 1.29 is 9.47 Å². The van der Waals surface area contributed by atoms with Crippen molar-refractivity contribution in [3.05, 3.63) is 71.3 Å². The van der Waals surface area contributed by atoms with Crippen LogP contribution < -0.4 is 14.8 Å². The average Bonchev–Trinajstić information content (AvgIpc) is 2.72. The van der Waals surface area contributed by atoms with Crippen LogP contribution in [0.5, 0.6) is 11.5 Å². The first-order chi connectivity index (χ1) is 13.7. The van der Waals surface area contributed by atoms with Crippen molar-refractivity contribution >= 4 is 10.8 Å². The molecule has 3 aromatic rings. The quantitative estimate of drug-likeness (QED) is 0.704. The van der Waals surface area contributed by atoms with Crippen LogP contribution in [0.25, 0.3) is 10.8 Å². The first-order valence-corrected chi connectivity index (χ1v) is 9.86. The van der Waals surface area contributed by atoms with Crippen LogP contribution in [0.1, 0.15) is 22.7 Å². The maximum Gasteiger partial charge on any atom is 0.161 e. The molecule has 0 saturated heterocycles. The monoisotopic (exact) mass is 376 g/mol. The number of ether oxygens (including phenoxy) is 2. The highest BCUT2D eigenvalue weighted by Gasteiger charge is 2.24. The standard InChI is InChI=1S/C24H28N2O2/c1-26(2)12-13-28-23-16-21-19(15-22(23)27-3)10-11-25-24(21)20-9-8-17-6-4-5-7-18(17)14-20/h4-9,14-16,24-25H,10-13H2,1-3H3. The number of nitrogens with zero attached hydrogens (tertiary/aromatic N) is 1. The van der Waals surface area contributed by atoms with Gasteiger partial charge in [-0.15, -0.1) is 0 Å². The lowest BCUT2D eigenvalue weighted by Gasteiger charge is -2.29. The van der Waals surface area contributed by atoms with E-state index >= 15 is 0 Å². The molecule has 3 aromatic carbocycles. The molecule has 1 heterocycles. The van der Waals surface area contributed by atoms with Gasteiger partial charge in [-0.3, -0.25) is 0 Å². The number of benzene rings is 3. The summed E-state index contributed by atoms with van der Waals surface area (Å²) in [5, 5.41) is 6.23. The number of nitrogens with one attached hydrogen (secondary N) is 1. The molecule has 1 unspecified atom stereocenters. The Bertz CT molecular complexity index is 968. The molecule has 0 fully saturated rings. The summed E-state index contributed by atoms with van der Waals surface area (Å²) in [5.41, 5.74) is 3.89. The summed E-state index contributed by atoms with van der Waals surface area (Å²) < 4.78 is 11.7. The van der Waals surface area contributed by atoms with Gasteiger partial charge in [-0.2, -0.15) is 0 Å². The van der Waals surface area contributed by atoms with E-state index in [-0.39, 0.29) is 6.04 Å². The molecule has 0 saturated carbocycles. The predicted octanol–water partition coefficient (Wildman–Crippen LogP) is 4.02. The number of likely N-dealkylation sites (N-methyl/N-ethyl adjacent to an activating group) is 1. The number of hydrogen-bond acceptors (Lipinski definition) is 4. The molecular weight excluding hydrogens is 348 g/mol. The van der Waals surface area contributed by atoms with Gasteiger partial charge in [0.15, 0.2) is 11.5 Å². The molecular formula is C24H28N2O2. The first kappa shape index (κ1) is 18.8. The van der Waals surface area contributed by atoms with E-state index in [4.69, 9.17) is 9.47 Å². The van der Waals surface area contributed by atoms with Crippen molar-refractivity contribution in [3.8, 4) is 11.5 Å². The van der Waals surface area contributed by atoms with E-state index in [1.54, 1.807) is 7.11 Å². The molecule has 0 bridgehead atoms. The summed E-state index contributed by atoms with van der Waals surface area (Å²) in [7, 11) is 5.81. The summed E-state index contributed by atoms with van der Waals surface area (Å²) in [6, 6.07) is 19.7. The third-order valence-electron chi connectivity index (χ3n) is 5.38. The molecule has 0 spiro atoms. The lowest BCUT2D eigenvalue weighted by Crippen LogP contribution is -2.30. The molecule has 0 aromatic heterocycles. The van der Waals surface area contributed by atoms with E-state index in [1.807, 2.05) is 14.1 Å². The third kappa shape index (κ3) is 3.84. The van der Waals surface area contributed by atoms with E-state index in [0.29, 0.717) is 6.61 Å². The fraction of sp³-hybridized carbons (Fsp3) is 0.333. The molecule has 4 heteroatoms. The molecule has 0 amide bonds. The predicted molar refractivity (Wildman–Crippen MR) is 115 cm³/mol. The smallest absolute Gasteiger partial charge is 0.161 e. The second-order valence-corrected chi connectivity index (χ2v) is 7.60. The Kier molecular flexibility index (Phi) is 5.51. The zero-order valence-corrected chi connectivity index (χ0v) is 16.9. The lowest BCUT2D eigenvalue weighted by atomic mass is 9.88. The Morgan fingerprint density at radius 3 is 2.61 bits per heavy atom. The van der Waals surface area contributed by atoms with Crippen molar-refractivity contribution in [2.75, 3.05) is 40.9 Å². The molecule has 1 aliphatic rings. The van der Waals surface area contributed by atoms with Crippen LogP contribution >= 0.6 is 0 Å². The van der Waals surface area contributed by atoms with Gasteiger partial charge in [0.25, 0.3) is 0 Å². The van der Waals surface area contributed by atoms with Crippen LogP contribution in [-0.4, -0.2) is 45.8 Å². The van der Waals surface area contributed by atoms with Crippen LogP contribution in [0, 0.1) is 0 Å². The van der Waals surface area contributed by atoms with Gasteiger partial charge >= 0.3 is 0 Å². The highest BCUT2D eigenvalue weighted by atomic mass is 16.5. The summed E-state index contributed by atoms with van der Waals surface area (Å²) in [4.78, 5) is 2.12. The van der Waals surface area contributed by atoms with Gasteiger partial charge in [-0.25, -0.2) is 0 Å². The van der Waals surface area contributed by atoms with Gasteiger partial charge in [0.2, 0.25) is 0 Å². The number of methoxy groups -OCH3 is 1. The molecule has 1 atom stereocenters. The Morgan fingerprint density at radius 1 is 1.00 bits per heavy atom. The van der Waals surface area contributed by atoms with Crippen molar-refractivity contribution in [2.24, 2.45) is 0 Å². The van der Waals surface area contributed by atoms with Crippen LogP contribution in [-0.2, 0) is 6.42 Å². The maximum atomic E-state index is 6.06. The molecule has 1 N–H and O–H groups in total. The van der Waals surface area contributed by atoms with Gasteiger partial charge in [-0.05, 0) is 66.2 Å². The van der Waals surface area contributed by atoms with Gasteiger partial charge in [-0.1, -0.05) is 36.4 Å². The number of rotatable bonds is 6.